The van der Waals surface area contributed by atoms with Gasteiger partial charge >= 0.3 is 0 Å². The average molecular weight is 200 g/mol. The summed E-state index contributed by atoms with van der Waals surface area (Å²) in [6.07, 6.45) is 0. The molecule has 4 heteroatoms. The Morgan fingerprint density at radius 1 is 1.11 bits per heavy atom. The highest BCUT2D eigenvalue weighted by atomic mass is 32.2. The smallest absolute Gasteiger partial charge is 0.0224 e. The van der Waals surface area contributed by atoms with Crippen molar-refractivity contribution in [1.29, 1.82) is 0 Å². The topological polar surface area (TPSA) is 0 Å². The molecule has 0 aliphatic rings. The Balaban J connectivity index is 3.09. The molecule has 9 heavy (non-hydrogen) atoms. The van der Waals surface area contributed by atoms with Crippen LogP contribution in [0.2, 0.25) is 0 Å². The lowest BCUT2D eigenvalue weighted by atomic mass is 10.5. The molecule has 0 saturated carbocycles. The van der Waals surface area contributed by atoms with Gasteiger partial charge < -0.3 is 0 Å². The van der Waals surface area contributed by atoms with Gasteiger partial charge in [-0.3, -0.25) is 0 Å². The van der Waals surface area contributed by atoms with Gasteiger partial charge in [0, 0.05) is 22.5 Å². The van der Waals surface area contributed by atoms with Gasteiger partial charge in [-0.25, -0.2) is 0 Å². The minimum absolute atomic E-state index is 0.601. The molecule has 0 aliphatic heterocycles. The van der Waals surface area contributed by atoms with Crippen LogP contribution >= 0.6 is 49.6 Å². The Labute approximate surface area is 77.8 Å². The van der Waals surface area contributed by atoms with Crippen molar-refractivity contribution >= 4 is 49.6 Å². The molecular weight excluding hydrogens is 188 g/mol. The van der Waals surface area contributed by atoms with Gasteiger partial charge in [0.05, 0.1) is 0 Å². The van der Waals surface area contributed by atoms with Gasteiger partial charge in [0.1, 0.15) is 0 Å². The van der Waals surface area contributed by atoms with Crippen molar-refractivity contribution in [1.82, 2.24) is 0 Å². The molecule has 0 bridgehead atoms. The Morgan fingerprint density at radius 2 is 1.67 bits per heavy atom. The van der Waals surface area contributed by atoms with Crippen LogP contribution in [0.25, 0.3) is 0 Å². The number of rotatable bonds is 5. The van der Waals surface area contributed by atoms with Gasteiger partial charge in [0.15, 0.2) is 0 Å². The van der Waals surface area contributed by atoms with Crippen LogP contribution in [-0.4, -0.2) is 28.3 Å². The fourth-order valence-corrected chi connectivity index (χ4v) is 2.44. The van der Waals surface area contributed by atoms with E-state index in [1.807, 2.05) is 11.8 Å². The molecule has 0 aromatic heterocycles. The lowest BCUT2D eigenvalue weighted by molar-refractivity contribution is 1.16. The Morgan fingerprint density at radius 3 is 2.00 bits per heavy atom. The summed E-state index contributed by atoms with van der Waals surface area (Å²) in [4.78, 5) is 0. The van der Waals surface area contributed by atoms with Gasteiger partial charge in [0.2, 0.25) is 0 Å². The fraction of sp³-hybridized carbons (Fsp3) is 1.00. The second kappa shape index (κ2) is 7.51. The highest BCUT2D eigenvalue weighted by molar-refractivity contribution is 8.01. The van der Waals surface area contributed by atoms with Crippen molar-refractivity contribution in [2.24, 2.45) is 0 Å². The molecule has 0 spiro atoms. The summed E-state index contributed by atoms with van der Waals surface area (Å²) >= 11 is 14.3. The van der Waals surface area contributed by atoms with Crippen molar-refractivity contribution in [2.75, 3.05) is 23.0 Å². The predicted molar refractivity (Wildman–Crippen MR) is 57.8 cm³/mol. The molecule has 0 rings (SSSR count). The summed E-state index contributed by atoms with van der Waals surface area (Å²) in [5.74, 6) is 3.89. The van der Waals surface area contributed by atoms with Gasteiger partial charge in [-0.1, -0.05) is 0 Å². The van der Waals surface area contributed by atoms with Crippen LogP contribution in [0.15, 0.2) is 0 Å². The monoisotopic (exact) mass is 200 g/mol. The molecule has 0 radical (unpaired) electrons. The Kier molecular flexibility index (Phi) is 8.67. The largest absolute Gasteiger partial charge is 0.179 e. The molecule has 0 aromatic carbocycles. The minimum atomic E-state index is 0.601. The van der Waals surface area contributed by atoms with Crippen LogP contribution in [-0.2, 0) is 0 Å². The maximum Gasteiger partial charge on any atom is 0.0224 e. The quantitative estimate of drug-likeness (QED) is 0.570. The van der Waals surface area contributed by atoms with Crippen molar-refractivity contribution in [3.8, 4) is 0 Å². The molecule has 56 valence electrons. The van der Waals surface area contributed by atoms with E-state index in [0.29, 0.717) is 5.25 Å². The number of thioether (sulfide) groups is 1. The molecule has 0 heterocycles. The third-order valence-corrected chi connectivity index (χ3v) is 4.00. The molecule has 0 nitrogen and oxygen atoms in total. The first-order valence-corrected chi connectivity index (χ1v) is 5.74. The molecule has 0 N–H and O–H groups in total. The van der Waals surface area contributed by atoms with E-state index in [-0.39, 0.29) is 0 Å². The fourth-order valence-electron chi connectivity index (χ4n) is 0.383. The second-order valence-corrected chi connectivity index (χ2v) is 4.17. The van der Waals surface area contributed by atoms with E-state index in [1.165, 1.54) is 0 Å². The zero-order chi connectivity index (χ0) is 7.11. The van der Waals surface area contributed by atoms with Crippen LogP contribution in [0.3, 0.4) is 0 Å². The van der Waals surface area contributed by atoms with E-state index in [4.69, 9.17) is 0 Å². The van der Waals surface area contributed by atoms with Crippen molar-refractivity contribution in [3.63, 3.8) is 0 Å². The summed E-state index contributed by atoms with van der Waals surface area (Å²) in [5, 5.41) is 0.601. The molecule has 0 fully saturated rings. The number of hydrogen-bond acceptors (Lipinski definition) is 4. The Hall–Kier alpha value is 1.40. The van der Waals surface area contributed by atoms with E-state index in [1.54, 1.807) is 0 Å². The molecule has 0 aromatic rings. The van der Waals surface area contributed by atoms with Crippen molar-refractivity contribution in [3.05, 3.63) is 0 Å². The third kappa shape index (κ3) is 5.83. The summed E-state index contributed by atoms with van der Waals surface area (Å²) in [6.45, 7) is 0. The maximum absolute atomic E-state index is 4.17. The normalized spacial score (nSPS) is 10.7. The first-order valence-electron chi connectivity index (χ1n) is 2.79. The van der Waals surface area contributed by atoms with E-state index in [0.717, 1.165) is 23.0 Å². The first-order chi connectivity index (χ1) is 4.35. The second-order valence-electron chi connectivity index (χ2n) is 1.58. The van der Waals surface area contributed by atoms with Crippen LogP contribution in [0.5, 0.6) is 0 Å². The SMILES string of the molecule is SCCSC(CS)CS. The predicted octanol–water partition coefficient (Wildman–Crippen LogP) is 1.88. The highest BCUT2D eigenvalue weighted by Crippen LogP contribution is 2.13. The summed E-state index contributed by atoms with van der Waals surface area (Å²) in [6, 6.07) is 0. The third-order valence-electron chi connectivity index (χ3n) is 0.852. The number of hydrogen-bond donors (Lipinski definition) is 3. The summed E-state index contributed by atoms with van der Waals surface area (Å²) in [7, 11) is 0. The average Bonchev–Trinajstić information content (AvgIpc) is 1.91. The van der Waals surface area contributed by atoms with E-state index >= 15 is 0 Å². The lowest BCUT2D eigenvalue weighted by Gasteiger charge is -2.08. The molecule has 0 unspecified atom stereocenters. The first kappa shape index (κ1) is 10.4. The van der Waals surface area contributed by atoms with Crippen molar-refractivity contribution < 1.29 is 0 Å². The molecular formula is C5H12S4. The molecule has 0 atom stereocenters. The zero-order valence-electron chi connectivity index (χ0n) is 5.16. The van der Waals surface area contributed by atoms with E-state index in [9.17, 15) is 0 Å². The standard InChI is InChI=1S/C5H12S4/c6-1-2-9-5(3-7)4-8/h5-8H,1-4H2. The Bertz CT molecular complexity index is 52.9. The zero-order valence-corrected chi connectivity index (χ0v) is 8.66. The van der Waals surface area contributed by atoms with Crippen LogP contribution in [0.4, 0.5) is 0 Å². The summed E-state index contributed by atoms with van der Waals surface area (Å²) < 4.78 is 0. The van der Waals surface area contributed by atoms with Crippen LogP contribution in [0, 0.1) is 0 Å². The van der Waals surface area contributed by atoms with Crippen LogP contribution in [0.1, 0.15) is 0 Å². The van der Waals surface area contributed by atoms with E-state index < -0.39 is 0 Å². The highest BCUT2D eigenvalue weighted by Gasteiger charge is 2.01. The number of thiol groups is 3. The van der Waals surface area contributed by atoms with Gasteiger partial charge in [-0.05, 0) is 5.75 Å². The molecule has 0 saturated heterocycles. The summed E-state index contributed by atoms with van der Waals surface area (Å²) in [5.41, 5.74) is 0. The van der Waals surface area contributed by atoms with Crippen LogP contribution < -0.4 is 0 Å². The maximum atomic E-state index is 4.17. The van der Waals surface area contributed by atoms with Gasteiger partial charge in [-0.15, -0.1) is 0 Å². The van der Waals surface area contributed by atoms with E-state index in [2.05, 4.69) is 37.9 Å². The van der Waals surface area contributed by atoms with Gasteiger partial charge in [0.25, 0.3) is 0 Å². The minimum Gasteiger partial charge on any atom is -0.179 e. The lowest BCUT2D eigenvalue weighted by Crippen LogP contribution is -2.07. The van der Waals surface area contributed by atoms with Crippen molar-refractivity contribution in [2.45, 2.75) is 5.25 Å². The van der Waals surface area contributed by atoms with Gasteiger partial charge in [-0.2, -0.15) is 49.6 Å². The molecule has 0 amide bonds. The molecule has 0 aliphatic carbocycles.